The molecular weight excluding hydrogens is 328 g/mol. The highest BCUT2D eigenvalue weighted by atomic mass is 35.5. The minimum atomic E-state index is -0.347. The summed E-state index contributed by atoms with van der Waals surface area (Å²) in [5.41, 5.74) is 9.11. The average molecular weight is 345 g/mol. The molecule has 6 nitrogen and oxygen atoms in total. The van der Waals surface area contributed by atoms with Crippen LogP contribution in [0, 0.1) is 0 Å². The van der Waals surface area contributed by atoms with Crippen LogP contribution in [0.2, 0.25) is 5.02 Å². The van der Waals surface area contributed by atoms with Crippen molar-refractivity contribution >= 4 is 34.8 Å². The van der Waals surface area contributed by atoms with Gasteiger partial charge in [0.15, 0.2) is 0 Å². The molecule has 7 heteroatoms. The van der Waals surface area contributed by atoms with E-state index in [0.717, 1.165) is 16.8 Å². The molecule has 2 aliphatic rings. The Kier molecular flexibility index (Phi) is 3.57. The largest absolute Gasteiger partial charge is 0.384 e. The maximum absolute atomic E-state index is 13.1. The van der Waals surface area contributed by atoms with E-state index in [1.165, 1.54) is 4.68 Å². The number of para-hydroxylation sites is 1. The van der Waals surface area contributed by atoms with Gasteiger partial charge in [0.05, 0.1) is 22.3 Å². The SMILES string of the molecule is Nc1nn(C(=O)C2CCNc3c(Cl)cccc32)c2c1CCC(=O)C2. The lowest BCUT2D eigenvalue weighted by Crippen LogP contribution is -2.30. The molecule has 1 aliphatic carbocycles. The van der Waals surface area contributed by atoms with Crippen LogP contribution >= 0.6 is 11.6 Å². The molecule has 2 heterocycles. The van der Waals surface area contributed by atoms with Crippen LogP contribution in [0.15, 0.2) is 18.2 Å². The Morgan fingerprint density at radius 3 is 3.04 bits per heavy atom. The number of nitrogens with two attached hydrogens (primary N) is 1. The van der Waals surface area contributed by atoms with E-state index in [1.807, 2.05) is 12.1 Å². The standard InChI is InChI=1S/C17H17ClN4O2/c18-13-3-1-2-10-11(6-7-20-15(10)13)17(24)22-14-8-9(23)4-5-12(14)16(19)21-22/h1-3,11,20H,4-8H2,(H2,19,21). The second kappa shape index (κ2) is 5.63. The van der Waals surface area contributed by atoms with Crippen LogP contribution in [0.4, 0.5) is 11.5 Å². The highest BCUT2D eigenvalue weighted by molar-refractivity contribution is 6.33. The third-order valence-corrected chi connectivity index (χ3v) is 5.12. The Bertz CT molecular complexity index is 859. The Hall–Kier alpha value is -2.34. The van der Waals surface area contributed by atoms with E-state index in [0.29, 0.717) is 42.3 Å². The zero-order valence-electron chi connectivity index (χ0n) is 13.0. The number of hydrogen-bond acceptors (Lipinski definition) is 5. The van der Waals surface area contributed by atoms with E-state index in [2.05, 4.69) is 10.4 Å². The number of Topliss-reactive ketones (excluding diaryl/α,β-unsaturated/α-hetero) is 1. The molecule has 0 fully saturated rings. The number of carbonyl (C=O) groups excluding carboxylic acids is 2. The number of halogens is 1. The van der Waals surface area contributed by atoms with Crippen molar-refractivity contribution in [2.75, 3.05) is 17.6 Å². The smallest absolute Gasteiger partial charge is 0.254 e. The van der Waals surface area contributed by atoms with Gasteiger partial charge in [0, 0.05) is 24.9 Å². The minimum absolute atomic E-state index is 0.116. The fourth-order valence-electron chi connectivity index (χ4n) is 3.60. The Morgan fingerprint density at radius 1 is 1.38 bits per heavy atom. The summed E-state index contributed by atoms with van der Waals surface area (Å²) in [6.07, 6.45) is 1.89. The summed E-state index contributed by atoms with van der Waals surface area (Å²) in [5, 5.41) is 8.08. The second-order valence-corrected chi connectivity index (χ2v) is 6.66. The van der Waals surface area contributed by atoms with Crippen molar-refractivity contribution in [2.24, 2.45) is 0 Å². The number of anilines is 2. The number of nitrogens with zero attached hydrogens (tertiary/aromatic N) is 2. The van der Waals surface area contributed by atoms with Gasteiger partial charge < -0.3 is 11.1 Å². The summed E-state index contributed by atoms with van der Waals surface area (Å²) in [5.74, 6) is -0.0284. The summed E-state index contributed by atoms with van der Waals surface area (Å²) in [6, 6.07) is 5.54. The predicted octanol–water partition coefficient (Wildman–Crippen LogP) is 2.42. The van der Waals surface area contributed by atoms with Crippen molar-refractivity contribution in [3.05, 3.63) is 40.0 Å². The molecule has 0 radical (unpaired) electrons. The molecule has 1 aliphatic heterocycles. The molecule has 1 aromatic heterocycles. The van der Waals surface area contributed by atoms with E-state index in [9.17, 15) is 9.59 Å². The molecule has 4 rings (SSSR count). The zero-order valence-corrected chi connectivity index (χ0v) is 13.8. The summed E-state index contributed by atoms with van der Waals surface area (Å²) >= 11 is 6.24. The van der Waals surface area contributed by atoms with Crippen LogP contribution in [0.5, 0.6) is 0 Å². The molecule has 124 valence electrons. The van der Waals surface area contributed by atoms with Gasteiger partial charge >= 0.3 is 0 Å². The van der Waals surface area contributed by atoms with Crippen LogP contribution in [0.1, 0.15) is 40.4 Å². The fraction of sp³-hybridized carbons (Fsp3) is 0.353. The van der Waals surface area contributed by atoms with Gasteiger partial charge in [0.2, 0.25) is 0 Å². The quantitative estimate of drug-likeness (QED) is 0.829. The summed E-state index contributed by atoms with van der Waals surface area (Å²) in [7, 11) is 0. The van der Waals surface area contributed by atoms with Crippen LogP contribution in [0.3, 0.4) is 0 Å². The highest BCUT2D eigenvalue weighted by Crippen LogP contribution is 2.38. The molecule has 0 amide bonds. The first kappa shape index (κ1) is 15.2. The topological polar surface area (TPSA) is 90.0 Å². The predicted molar refractivity (Wildman–Crippen MR) is 91.6 cm³/mol. The van der Waals surface area contributed by atoms with Crippen molar-refractivity contribution in [2.45, 2.75) is 31.6 Å². The third-order valence-electron chi connectivity index (χ3n) is 4.80. The van der Waals surface area contributed by atoms with Gasteiger partial charge in [-0.2, -0.15) is 0 Å². The van der Waals surface area contributed by atoms with Crippen molar-refractivity contribution in [3.8, 4) is 0 Å². The first-order valence-electron chi connectivity index (χ1n) is 8.00. The number of benzene rings is 1. The van der Waals surface area contributed by atoms with Gasteiger partial charge in [-0.05, 0) is 24.5 Å². The Morgan fingerprint density at radius 2 is 2.21 bits per heavy atom. The van der Waals surface area contributed by atoms with Gasteiger partial charge in [-0.1, -0.05) is 23.7 Å². The van der Waals surface area contributed by atoms with E-state index < -0.39 is 0 Å². The van der Waals surface area contributed by atoms with Gasteiger partial charge in [-0.25, -0.2) is 4.68 Å². The Balaban J connectivity index is 1.77. The number of carbonyl (C=O) groups is 2. The minimum Gasteiger partial charge on any atom is -0.384 e. The Labute approximate surface area is 144 Å². The first-order chi connectivity index (χ1) is 11.6. The molecule has 1 atom stereocenters. The third kappa shape index (κ3) is 2.29. The number of ketones is 1. The summed E-state index contributed by atoms with van der Waals surface area (Å²) in [6.45, 7) is 0.658. The second-order valence-electron chi connectivity index (χ2n) is 6.25. The highest BCUT2D eigenvalue weighted by Gasteiger charge is 2.33. The van der Waals surface area contributed by atoms with Crippen LogP contribution in [0.25, 0.3) is 0 Å². The van der Waals surface area contributed by atoms with E-state index >= 15 is 0 Å². The molecule has 0 saturated carbocycles. The number of hydrogen-bond donors (Lipinski definition) is 2. The normalized spacial score (nSPS) is 19.4. The summed E-state index contributed by atoms with van der Waals surface area (Å²) in [4.78, 5) is 24.9. The number of nitrogens with one attached hydrogen (secondary N) is 1. The van der Waals surface area contributed by atoms with Crippen LogP contribution in [-0.2, 0) is 17.6 Å². The molecule has 1 aromatic carbocycles. The van der Waals surface area contributed by atoms with E-state index in [1.54, 1.807) is 6.07 Å². The first-order valence-corrected chi connectivity index (χ1v) is 8.38. The van der Waals surface area contributed by atoms with Crippen molar-refractivity contribution in [1.82, 2.24) is 9.78 Å². The molecule has 1 unspecified atom stereocenters. The van der Waals surface area contributed by atoms with Crippen molar-refractivity contribution in [1.29, 1.82) is 0 Å². The fourth-order valence-corrected chi connectivity index (χ4v) is 3.85. The maximum Gasteiger partial charge on any atom is 0.254 e. The molecule has 3 N–H and O–H groups in total. The van der Waals surface area contributed by atoms with Crippen LogP contribution in [-0.4, -0.2) is 28.0 Å². The number of aromatic nitrogens is 2. The van der Waals surface area contributed by atoms with Gasteiger partial charge in [0.25, 0.3) is 5.91 Å². The number of nitrogen functional groups attached to an aromatic ring is 1. The zero-order chi connectivity index (χ0) is 16.8. The lowest BCUT2D eigenvalue weighted by Gasteiger charge is -2.26. The molecule has 24 heavy (non-hydrogen) atoms. The maximum atomic E-state index is 13.1. The molecule has 0 saturated heterocycles. The summed E-state index contributed by atoms with van der Waals surface area (Å²) < 4.78 is 1.35. The van der Waals surface area contributed by atoms with Gasteiger partial charge in [0.1, 0.15) is 11.6 Å². The van der Waals surface area contributed by atoms with Gasteiger partial charge in [-0.3, -0.25) is 9.59 Å². The van der Waals surface area contributed by atoms with Crippen molar-refractivity contribution in [3.63, 3.8) is 0 Å². The average Bonchev–Trinajstić information content (AvgIpc) is 2.90. The lowest BCUT2D eigenvalue weighted by atomic mass is 9.89. The molecule has 0 spiro atoms. The van der Waals surface area contributed by atoms with Crippen molar-refractivity contribution < 1.29 is 9.59 Å². The van der Waals surface area contributed by atoms with E-state index in [4.69, 9.17) is 17.3 Å². The molecule has 2 aromatic rings. The lowest BCUT2D eigenvalue weighted by molar-refractivity contribution is -0.118. The van der Waals surface area contributed by atoms with Gasteiger partial charge in [-0.15, -0.1) is 5.10 Å². The van der Waals surface area contributed by atoms with E-state index in [-0.39, 0.29) is 24.0 Å². The number of rotatable bonds is 1. The number of fused-ring (bicyclic) bond motifs is 2. The molecular formula is C17H17ClN4O2. The molecule has 0 bridgehead atoms. The monoisotopic (exact) mass is 344 g/mol. The van der Waals surface area contributed by atoms with Crippen LogP contribution < -0.4 is 11.1 Å².